The number of carbonyl (C=O) groups is 1. The molecule has 1 aliphatic rings. The first-order chi connectivity index (χ1) is 9.74. The summed E-state index contributed by atoms with van der Waals surface area (Å²) in [6.07, 6.45) is 0. The molecule has 1 atom stereocenters. The second kappa shape index (κ2) is 5.50. The number of carbonyl (C=O) groups excluding carboxylic acids is 1. The minimum atomic E-state index is -0.155. The maximum atomic E-state index is 12.1. The van der Waals surface area contributed by atoms with Gasteiger partial charge in [0.25, 0.3) is 0 Å². The van der Waals surface area contributed by atoms with Crippen molar-refractivity contribution in [1.29, 1.82) is 0 Å². The Balaban J connectivity index is 1.68. The van der Waals surface area contributed by atoms with E-state index >= 15 is 0 Å². The summed E-state index contributed by atoms with van der Waals surface area (Å²) in [5, 5.41) is 2.96. The minimum Gasteiger partial charge on any atom is -0.378 e. The van der Waals surface area contributed by atoms with E-state index in [1.165, 1.54) is 0 Å². The third-order valence-electron chi connectivity index (χ3n) is 3.46. The summed E-state index contributed by atoms with van der Waals surface area (Å²) in [6.45, 7) is 4.41. The number of rotatable bonds is 2. The van der Waals surface area contributed by atoms with Crippen LogP contribution in [0.3, 0.4) is 0 Å². The van der Waals surface area contributed by atoms with Crippen molar-refractivity contribution in [2.45, 2.75) is 13.0 Å². The predicted molar refractivity (Wildman–Crippen MR) is 75.4 cm³/mol. The summed E-state index contributed by atoms with van der Waals surface area (Å²) in [5.74, 6) is 0.771. The molecule has 1 aromatic heterocycles. The van der Waals surface area contributed by atoms with Crippen molar-refractivity contribution < 1.29 is 9.53 Å². The Bertz CT molecular complexity index is 571. The lowest BCUT2D eigenvalue weighted by Crippen LogP contribution is -2.46. The van der Waals surface area contributed by atoms with E-state index in [1.807, 2.05) is 31.2 Å². The fraction of sp³-hybridized carbons (Fsp3) is 0.429. The molecule has 1 fully saturated rings. The third-order valence-corrected chi connectivity index (χ3v) is 3.46. The van der Waals surface area contributed by atoms with Crippen molar-refractivity contribution in [2.75, 3.05) is 26.3 Å². The van der Waals surface area contributed by atoms with Gasteiger partial charge >= 0.3 is 6.03 Å². The summed E-state index contributed by atoms with van der Waals surface area (Å²) in [7, 11) is 0. The zero-order valence-electron chi connectivity index (χ0n) is 11.4. The van der Waals surface area contributed by atoms with Crippen LogP contribution in [0.5, 0.6) is 0 Å². The second-order valence-electron chi connectivity index (χ2n) is 4.91. The van der Waals surface area contributed by atoms with Crippen molar-refractivity contribution >= 4 is 17.1 Å². The van der Waals surface area contributed by atoms with E-state index < -0.39 is 0 Å². The van der Waals surface area contributed by atoms with Crippen molar-refractivity contribution in [3.63, 3.8) is 0 Å². The molecule has 106 valence electrons. The fourth-order valence-corrected chi connectivity index (χ4v) is 2.29. The van der Waals surface area contributed by atoms with Gasteiger partial charge in [-0.1, -0.05) is 12.1 Å². The van der Waals surface area contributed by atoms with Crippen LogP contribution in [0.4, 0.5) is 4.79 Å². The molecule has 3 rings (SSSR count). The van der Waals surface area contributed by atoms with E-state index in [0.717, 1.165) is 16.9 Å². The van der Waals surface area contributed by atoms with Crippen LogP contribution < -0.4 is 5.32 Å². The number of aromatic amines is 1. The molecule has 2 heterocycles. The van der Waals surface area contributed by atoms with Gasteiger partial charge in [0.2, 0.25) is 0 Å². The zero-order valence-corrected chi connectivity index (χ0v) is 11.4. The molecule has 1 aromatic carbocycles. The molecule has 1 unspecified atom stereocenters. The van der Waals surface area contributed by atoms with Crippen LogP contribution in [0.15, 0.2) is 24.3 Å². The lowest BCUT2D eigenvalue weighted by atomic mass is 10.3. The van der Waals surface area contributed by atoms with Crippen LogP contribution in [-0.2, 0) is 4.74 Å². The number of nitrogens with one attached hydrogen (secondary N) is 2. The number of fused-ring (bicyclic) bond motifs is 1. The highest BCUT2D eigenvalue weighted by atomic mass is 16.5. The van der Waals surface area contributed by atoms with E-state index in [0.29, 0.717) is 26.3 Å². The summed E-state index contributed by atoms with van der Waals surface area (Å²) < 4.78 is 5.24. The van der Waals surface area contributed by atoms with E-state index in [4.69, 9.17) is 4.74 Å². The van der Waals surface area contributed by atoms with Crippen LogP contribution in [0.2, 0.25) is 0 Å². The molecule has 0 radical (unpaired) electrons. The molecule has 0 spiro atoms. The van der Waals surface area contributed by atoms with E-state index in [-0.39, 0.29) is 12.1 Å². The van der Waals surface area contributed by atoms with Crippen LogP contribution in [0.1, 0.15) is 18.8 Å². The Morgan fingerprint density at radius 3 is 2.90 bits per heavy atom. The molecule has 0 saturated carbocycles. The van der Waals surface area contributed by atoms with Gasteiger partial charge in [-0.3, -0.25) is 0 Å². The number of para-hydroxylation sites is 2. The van der Waals surface area contributed by atoms with Gasteiger partial charge in [0, 0.05) is 13.1 Å². The lowest BCUT2D eigenvalue weighted by Gasteiger charge is -2.28. The molecule has 20 heavy (non-hydrogen) atoms. The van der Waals surface area contributed by atoms with Gasteiger partial charge in [0.1, 0.15) is 5.82 Å². The molecular weight excluding hydrogens is 256 g/mol. The zero-order chi connectivity index (χ0) is 13.9. The second-order valence-corrected chi connectivity index (χ2v) is 4.91. The number of ether oxygens (including phenoxy) is 1. The maximum Gasteiger partial charge on any atom is 0.318 e. The van der Waals surface area contributed by atoms with Crippen molar-refractivity contribution in [2.24, 2.45) is 0 Å². The highest BCUT2D eigenvalue weighted by Gasteiger charge is 2.20. The highest BCUT2D eigenvalue weighted by Crippen LogP contribution is 2.15. The van der Waals surface area contributed by atoms with Crippen LogP contribution in [0, 0.1) is 0 Å². The quantitative estimate of drug-likeness (QED) is 0.875. The van der Waals surface area contributed by atoms with Gasteiger partial charge in [0.15, 0.2) is 0 Å². The Hall–Kier alpha value is -2.08. The molecule has 2 aromatic rings. The largest absolute Gasteiger partial charge is 0.378 e. The standard InChI is InChI=1S/C14H18N4O2/c1-10(15-14(19)18-6-8-20-9-7-18)13-16-11-4-2-3-5-12(11)17-13/h2-5,10H,6-9H2,1H3,(H,15,19)(H,16,17). The van der Waals surface area contributed by atoms with Crippen molar-refractivity contribution in [3.05, 3.63) is 30.1 Å². The summed E-state index contributed by atoms with van der Waals surface area (Å²) in [5.41, 5.74) is 1.89. The van der Waals surface area contributed by atoms with Gasteiger partial charge in [-0.15, -0.1) is 0 Å². The molecule has 0 aliphatic carbocycles. The number of amides is 2. The van der Waals surface area contributed by atoms with E-state index in [1.54, 1.807) is 4.90 Å². The third kappa shape index (κ3) is 2.60. The SMILES string of the molecule is CC(NC(=O)N1CCOCC1)c1nc2ccccc2[nH]1. The number of hydrogen-bond donors (Lipinski definition) is 2. The molecule has 1 saturated heterocycles. The molecule has 6 heteroatoms. The van der Waals surface area contributed by atoms with Crippen molar-refractivity contribution in [3.8, 4) is 0 Å². The average Bonchev–Trinajstić information content (AvgIpc) is 2.92. The monoisotopic (exact) mass is 274 g/mol. The molecule has 2 N–H and O–H groups in total. The average molecular weight is 274 g/mol. The lowest BCUT2D eigenvalue weighted by molar-refractivity contribution is 0.0526. The number of imidazole rings is 1. The minimum absolute atomic E-state index is 0.0683. The summed E-state index contributed by atoms with van der Waals surface area (Å²) in [4.78, 5) is 21.6. The number of hydrogen-bond acceptors (Lipinski definition) is 3. The van der Waals surface area contributed by atoms with Gasteiger partial charge in [-0.2, -0.15) is 0 Å². The van der Waals surface area contributed by atoms with Gasteiger partial charge < -0.3 is 19.9 Å². The van der Waals surface area contributed by atoms with Gasteiger partial charge in [-0.25, -0.2) is 9.78 Å². The number of morpholine rings is 1. The highest BCUT2D eigenvalue weighted by molar-refractivity contribution is 5.76. The Morgan fingerprint density at radius 1 is 1.40 bits per heavy atom. The summed E-state index contributed by atoms with van der Waals surface area (Å²) >= 11 is 0. The van der Waals surface area contributed by atoms with E-state index in [2.05, 4.69) is 15.3 Å². The number of nitrogens with zero attached hydrogens (tertiary/aromatic N) is 2. The summed E-state index contributed by atoms with van der Waals surface area (Å²) in [6, 6.07) is 7.61. The van der Waals surface area contributed by atoms with E-state index in [9.17, 15) is 4.79 Å². The number of H-pyrrole nitrogens is 1. The topological polar surface area (TPSA) is 70.2 Å². The van der Waals surface area contributed by atoms with Crippen LogP contribution >= 0.6 is 0 Å². The van der Waals surface area contributed by atoms with Gasteiger partial charge in [-0.05, 0) is 19.1 Å². The van der Waals surface area contributed by atoms with Gasteiger partial charge in [0.05, 0.1) is 30.3 Å². The first kappa shape index (κ1) is 12.9. The van der Waals surface area contributed by atoms with Crippen LogP contribution in [-0.4, -0.2) is 47.2 Å². The molecule has 6 nitrogen and oxygen atoms in total. The number of aromatic nitrogens is 2. The first-order valence-corrected chi connectivity index (χ1v) is 6.82. The van der Waals surface area contributed by atoms with Crippen LogP contribution in [0.25, 0.3) is 11.0 Å². The fourth-order valence-electron chi connectivity index (χ4n) is 2.29. The number of benzene rings is 1. The first-order valence-electron chi connectivity index (χ1n) is 6.82. The Morgan fingerprint density at radius 2 is 2.15 bits per heavy atom. The maximum absolute atomic E-state index is 12.1. The molecule has 1 aliphatic heterocycles. The normalized spacial score (nSPS) is 17.1. The Labute approximate surface area is 117 Å². The molecule has 0 bridgehead atoms. The molecular formula is C14H18N4O2. The predicted octanol–water partition coefficient (Wildman–Crippen LogP) is 1.67. The smallest absolute Gasteiger partial charge is 0.318 e. The number of urea groups is 1. The van der Waals surface area contributed by atoms with Crippen molar-refractivity contribution in [1.82, 2.24) is 20.2 Å². The molecule has 2 amide bonds. The Kier molecular flexibility index (Phi) is 3.56.